The third-order valence-electron chi connectivity index (χ3n) is 6.33. The molecule has 9 nitrogen and oxygen atoms in total. The molecule has 13 heteroatoms. The first-order chi connectivity index (χ1) is 16.9. The Morgan fingerprint density at radius 1 is 1.16 bits per heavy atom. The van der Waals surface area contributed by atoms with Gasteiger partial charge in [-0.25, -0.2) is 18.9 Å². The van der Waals surface area contributed by atoms with Gasteiger partial charge in [-0.2, -0.15) is 32.1 Å². The summed E-state index contributed by atoms with van der Waals surface area (Å²) in [6, 6.07) is 10.00. The number of halogens is 2. The Morgan fingerprint density at radius 2 is 1.92 bits per heavy atom. The summed E-state index contributed by atoms with van der Waals surface area (Å²) in [5.74, 6) is 0.585. The summed E-state index contributed by atoms with van der Waals surface area (Å²) in [5.41, 5.74) is 1.34. The van der Waals surface area contributed by atoms with E-state index in [0.717, 1.165) is 0 Å². The molecule has 1 aliphatic heterocycles. The number of ketones is 1. The highest BCUT2D eigenvalue weighted by atomic mass is 35.5. The van der Waals surface area contributed by atoms with Gasteiger partial charge in [-0.3, -0.25) is 14.2 Å². The van der Waals surface area contributed by atoms with Gasteiger partial charge in [0.1, 0.15) is 29.5 Å². The summed E-state index contributed by atoms with van der Waals surface area (Å²) < 4.78 is 17.9. The Labute approximate surface area is 229 Å². The van der Waals surface area contributed by atoms with Gasteiger partial charge in [0, 0.05) is 24.4 Å². The third kappa shape index (κ3) is 4.28. The van der Waals surface area contributed by atoms with Crippen molar-refractivity contribution in [2.45, 2.75) is 25.6 Å². The number of aromatic nitrogens is 6. The van der Waals surface area contributed by atoms with E-state index in [1.807, 2.05) is 18.2 Å². The lowest BCUT2D eigenvalue weighted by molar-refractivity contribution is 0.101. The van der Waals surface area contributed by atoms with Crippen LogP contribution in [0.3, 0.4) is 0 Å². The molecule has 1 N–H and O–H groups in total. The molecule has 0 unspecified atom stereocenters. The number of carbonyl (C=O) groups is 1. The molecule has 0 spiro atoms. The van der Waals surface area contributed by atoms with Crippen molar-refractivity contribution in [3.63, 3.8) is 0 Å². The predicted molar refractivity (Wildman–Crippen MR) is 150 cm³/mol. The largest absolute Gasteiger partial charge is 0.345 e. The van der Waals surface area contributed by atoms with E-state index < -0.39 is 12.2 Å². The van der Waals surface area contributed by atoms with Gasteiger partial charge in [-0.05, 0) is 25.1 Å². The number of hydrogen-bond donors (Lipinski definition) is 1. The Kier molecular flexibility index (Phi) is 7.36. The molecule has 1 fully saturated rings. The topological polar surface area (TPSA) is 101 Å². The molecule has 5 aromatic rings. The van der Waals surface area contributed by atoms with Gasteiger partial charge >= 0.3 is 0 Å². The minimum Gasteiger partial charge on any atom is -0.345 e. The van der Waals surface area contributed by atoms with Crippen molar-refractivity contribution in [2.75, 3.05) is 11.4 Å². The van der Waals surface area contributed by atoms with Crippen LogP contribution in [0.15, 0.2) is 59.9 Å². The van der Waals surface area contributed by atoms with E-state index in [2.05, 4.69) is 15.0 Å². The Bertz CT molecular complexity index is 1670. The second-order valence-electron chi connectivity index (χ2n) is 8.47. The second kappa shape index (κ2) is 10.2. The number of anilines is 1. The molecular formula is C24H23ClFN7O2S2. The van der Waals surface area contributed by atoms with E-state index in [1.165, 1.54) is 22.3 Å². The predicted octanol–water partition coefficient (Wildman–Crippen LogP) is 4.13. The van der Waals surface area contributed by atoms with Crippen LogP contribution in [0.25, 0.3) is 22.2 Å². The number of carbonyl (C=O) groups excluding carboxylic acids is 1. The standard InChI is InChI=1S/C24H19ClFN7O2.2H2S/c1-13(34)16-10-27-21-19(16)23(29-12-28-21)31-11-14(26)9-18(31)22-30-32-8-7-17(25)20(32)24(35)33(22)15-5-3-2-4-6-15;;/h2-8,10,12,14,18H,9,11H2,1H3,(H,27,28,29);2*1H2/t14-,18-;;/m0../s1. The number of alkyl halides is 1. The van der Waals surface area contributed by atoms with Crippen molar-refractivity contribution in [1.82, 2.24) is 29.1 Å². The monoisotopic (exact) mass is 559 g/mol. The molecule has 6 rings (SSSR count). The van der Waals surface area contributed by atoms with Crippen molar-refractivity contribution in [1.29, 1.82) is 0 Å². The average molecular weight is 560 g/mol. The van der Waals surface area contributed by atoms with Crippen molar-refractivity contribution >= 4 is 66.7 Å². The molecule has 0 aliphatic carbocycles. The molecule has 0 saturated carbocycles. The number of benzene rings is 1. The van der Waals surface area contributed by atoms with Gasteiger partial charge in [-0.15, -0.1) is 0 Å². The molecule has 192 valence electrons. The zero-order valence-electron chi connectivity index (χ0n) is 19.5. The lowest BCUT2D eigenvalue weighted by Crippen LogP contribution is -2.33. The summed E-state index contributed by atoms with van der Waals surface area (Å²) in [5, 5.41) is 5.51. The highest BCUT2D eigenvalue weighted by Crippen LogP contribution is 2.39. The quantitative estimate of drug-likeness (QED) is 0.332. The molecule has 1 aliphatic rings. The van der Waals surface area contributed by atoms with Crippen molar-refractivity contribution in [3.8, 4) is 5.69 Å². The van der Waals surface area contributed by atoms with Gasteiger partial charge < -0.3 is 9.88 Å². The van der Waals surface area contributed by atoms with Crippen LogP contribution in [0.5, 0.6) is 0 Å². The van der Waals surface area contributed by atoms with Gasteiger partial charge in [0.05, 0.1) is 28.7 Å². The van der Waals surface area contributed by atoms with E-state index in [1.54, 1.807) is 35.5 Å². The normalized spacial score (nSPS) is 17.1. The SMILES string of the molecule is CC(=O)c1c[nH]c2ncnc(N3C[C@@H](F)C[C@H]3c3nn4ccc(Cl)c4c(=O)n3-c3ccccc3)c12.S.S. The lowest BCUT2D eigenvalue weighted by atomic mass is 10.1. The Morgan fingerprint density at radius 3 is 2.65 bits per heavy atom. The molecule has 4 aromatic heterocycles. The third-order valence-corrected chi connectivity index (χ3v) is 6.63. The van der Waals surface area contributed by atoms with E-state index in [0.29, 0.717) is 33.9 Å². The van der Waals surface area contributed by atoms with Crippen LogP contribution < -0.4 is 10.5 Å². The molecule has 0 bridgehead atoms. The molecular weight excluding hydrogens is 537 g/mol. The Balaban J connectivity index is 0.00000160. The maximum atomic E-state index is 15.0. The number of nitrogens with one attached hydrogen (secondary N) is 1. The summed E-state index contributed by atoms with van der Waals surface area (Å²) in [6.07, 6.45) is 3.44. The summed E-state index contributed by atoms with van der Waals surface area (Å²) in [4.78, 5) is 39.4. The molecule has 0 radical (unpaired) electrons. The van der Waals surface area contributed by atoms with Gasteiger partial charge in [0.2, 0.25) is 0 Å². The van der Waals surface area contributed by atoms with Crippen LogP contribution in [0.1, 0.15) is 35.6 Å². The fourth-order valence-corrected chi connectivity index (χ4v) is 5.02. The molecule has 5 heterocycles. The van der Waals surface area contributed by atoms with Crippen LogP contribution >= 0.6 is 38.6 Å². The average Bonchev–Trinajstić information content (AvgIpc) is 3.56. The van der Waals surface area contributed by atoms with Crippen molar-refractivity contribution in [2.24, 2.45) is 0 Å². The lowest BCUT2D eigenvalue weighted by Gasteiger charge is -2.27. The first-order valence-corrected chi connectivity index (χ1v) is 11.4. The fourth-order valence-electron chi connectivity index (χ4n) is 4.80. The highest BCUT2D eigenvalue weighted by molar-refractivity contribution is 7.59. The van der Waals surface area contributed by atoms with E-state index in [9.17, 15) is 9.59 Å². The highest BCUT2D eigenvalue weighted by Gasteiger charge is 2.39. The minimum absolute atomic E-state index is 0. The zero-order chi connectivity index (χ0) is 24.3. The molecule has 37 heavy (non-hydrogen) atoms. The first-order valence-electron chi connectivity index (χ1n) is 11.0. The fraction of sp³-hybridized carbons (Fsp3) is 0.208. The zero-order valence-corrected chi connectivity index (χ0v) is 22.3. The van der Waals surface area contributed by atoms with E-state index in [-0.39, 0.29) is 61.8 Å². The number of H-pyrrole nitrogens is 1. The van der Waals surface area contributed by atoms with Crippen molar-refractivity contribution in [3.05, 3.63) is 81.9 Å². The van der Waals surface area contributed by atoms with Crippen LogP contribution in [-0.4, -0.2) is 47.6 Å². The number of nitrogens with zero attached hydrogens (tertiary/aromatic N) is 6. The Hall–Kier alpha value is -3.35. The van der Waals surface area contributed by atoms with Gasteiger partial charge in [0.25, 0.3) is 5.56 Å². The van der Waals surface area contributed by atoms with Crippen LogP contribution in [0.4, 0.5) is 10.2 Å². The number of rotatable bonds is 4. The van der Waals surface area contributed by atoms with Crippen LogP contribution in [0, 0.1) is 0 Å². The van der Waals surface area contributed by atoms with E-state index >= 15 is 4.39 Å². The van der Waals surface area contributed by atoms with Gasteiger partial charge in [-0.1, -0.05) is 29.8 Å². The number of hydrogen-bond acceptors (Lipinski definition) is 6. The second-order valence-corrected chi connectivity index (χ2v) is 8.88. The summed E-state index contributed by atoms with van der Waals surface area (Å²) in [7, 11) is 0. The molecule has 0 amide bonds. The summed E-state index contributed by atoms with van der Waals surface area (Å²) >= 11 is 6.30. The summed E-state index contributed by atoms with van der Waals surface area (Å²) in [6.45, 7) is 1.48. The number of fused-ring (bicyclic) bond motifs is 2. The maximum Gasteiger partial charge on any atom is 0.284 e. The smallest absolute Gasteiger partial charge is 0.284 e. The van der Waals surface area contributed by atoms with Gasteiger partial charge in [0.15, 0.2) is 11.6 Å². The van der Waals surface area contributed by atoms with E-state index in [4.69, 9.17) is 16.7 Å². The molecule has 2 atom stereocenters. The number of para-hydroxylation sites is 1. The molecule has 1 saturated heterocycles. The molecule has 1 aromatic carbocycles. The minimum atomic E-state index is -1.20. The maximum absolute atomic E-state index is 15.0. The van der Waals surface area contributed by atoms with Crippen molar-refractivity contribution < 1.29 is 9.18 Å². The first kappa shape index (κ1) is 26.7. The number of Topliss-reactive ketones (excluding diaryl/α,β-unsaturated/α-hetero) is 1. The number of aromatic amines is 1. The van der Waals surface area contributed by atoms with Crippen LogP contribution in [0.2, 0.25) is 5.02 Å². The van der Waals surface area contributed by atoms with Crippen LogP contribution in [-0.2, 0) is 0 Å².